The number of nitrogens with zero attached hydrogens (tertiary/aromatic N) is 2. The van der Waals surface area contributed by atoms with E-state index in [0.29, 0.717) is 28.4 Å². The second-order valence-corrected chi connectivity index (χ2v) is 4.46. The van der Waals surface area contributed by atoms with Crippen LogP contribution in [0.1, 0.15) is 22.2 Å². The zero-order valence-electron chi connectivity index (χ0n) is 10.2. The summed E-state index contributed by atoms with van der Waals surface area (Å²) in [4.78, 5) is 11.9. The van der Waals surface area contributed by atoms with Gasteiger partial charge in [-0.3, -0.25) is 0 Å². The van der Waals surface area contributed by atoms with Gasteiger partial charge in [-0.15, -0.1) is 0 Å². The number of carbonyl (C=O) groups is 1. The Morgan fingerprint density at radius 3 is 2.74 bits per heavy atom. The SMILES string of the molecule is CCOC(=O)c1snc(-c2ccc(C#N)cc2)c1N. The summed E-state index contributed by atoms with van der Waals surface area (Å²) in [7, 11) is 0. The van der Waals surface area contributed by atoms with Gasteiger partial charge in [0.15, 0.2) is 4.88 Å². The van der Waals surface area contributed by atoms with Gasteiger partial charge in [0.2, 0.25) is 0 Å². The van der Waals surface area contributed by atoms with E-state index < -0.39 is 5.97 Å². The maximum atomic E-state index is 11.6. The minimum absolute atomic E-state index is 0.294. The first-order valence-corrected chi connectivity index (χ1v) is 6.37. The molecule has 0 fully saturated rings. The number of ether oxygens (including phenoxy) is 1. The lowest BCUT2D eigenvalue weighted by Gasteiger charge is -2.01. The summed E-state index contributed by atoms with van der Waals surface area (Å²) in [5, 5.41) is 8.74. The number of benzene rings is 1. The largest absolute Gasteiger partial charge is 0.462 e. The van der Waals surface area contributed by atoms with Crippen molar-refractivity contribution in [1.82, 2.24) is 4.37 Å². The van der Waals surface area contributed by atoms with Crippen molar-refractivity contribution in [3.63, 3.8) is 0 Å². The molecule has 0 radical (unpaired) electrons. The molecule has 0 aliphatic heterocycles. The highest BCUT2D eigenvalue weighted by atomic mass is 32.1. The molecular weight excluding hydrogens is 262 g/mol. The molecule has 0 bridgehead atoms. The monoisotopic (exact) mass is 273 g/mol. The third kappa shape index (κ3) is 2.56. The highest BCUT2D eigenvalue weighted by Gasteiger charge is 2.19. The van der Waals surface area contributed by atoms with Crippen molar-refractivity contribution in [3.8, 4) is 17.3 Å². The van der Waals surface area contributed by atoms with Crippen molar-refractivity contribution in [2.75, 3.05) is 12.3 Å². The fourth-order valence-electron chi connectivity index (χ4n) is 1.55. The van der Waals surface area contributed by atoms with Gasteiger partial charge in [0.05, 0.1) is 23.9 Å². The van der Waals surface area contributed by atoms with E-state index in [1.807, 2.05) is 6.07 Å². The number of hydrogen-bond acceptors (Lipinski definition) is 6. The number of anilines is 1. The second-order valence-electron chi connectivity index (χ2n) is 3.68. The average molecular weight is 273 g/mol. The van der Waals surface area contributed by atoms with Crippen LogP contribution in [0.15, 0.2) is 24.3 Å². The molecule has 0 atom stereocenters. The van der Waals surface area contributed by atoms with Crippen molar-refractivity contribution < 1.29 is 9.53 Å². The summed E-state index contributed by atoms with van der Waals surface area (Å²) >= 11 is 1.01. The van der Waals surface area contributed by atoms with E-state index in [0.717, 1.165) is 17.1 Å². The lowest BCUT2D eigenvalue weighted by Crippen LogP contribution is -2.05. The molecule has 6 heteroatoms. The van der Waals surface area contributed by atoms with Gasteiger partial charge in [-0.2, -0.15) is 9.64 Å². The van der Waals surface area contributed by atoms with Gasteiger partial charge in [0, 0.05) is 5.56 Å². The maximum absolute atomic E-state index is 11.6. The van der Waals surface area contributed by atoms with Crippen molar-refractivity contribution in [2.45, 2.75) is 6.92 Å². The summed E-state index contributed by atoms with van der Waals surface area (Å²) < 4.78 is 9.08. The molecule has 2 N–H and O–H groups in total. The molecule has 19 heavy (non-hydrogen) atoms. The van der Waals surface area contributed by atoms with E-state index >= 15 is 0 Å². The molecule has 2 aromatic rings. The number of rotatable bonds is 3. The first kappa shape index (κ1) is 13.1. The predicted octanol–water partition coefficient (Wildman–Crippen LogP) is 2.44. The second kappa shape index (κ2) is 5.50. The quantitative estimate of drug-likeness (QED) is 0.867. The van der Waals surface area contributed by atoms with Crippen molar-refractivity contribution in [3.05, 3.63) is 34.7 Å². The van der Waals surface area contributed by atoms with E-state index in [-0.39, 0.29) is 0 Å². The minimum Gasteiger partial charge on any atom is -0.462 e. The van der Waals surface area contributed by atoms with E-state index in [9.17, 15) is 4.79 Å². The van der Waals surface area contributed by atoms with E-state index in [4.69, 9.17) is 15.7 Å². The first-order valence-electron chi connectivity index (χ1n) is 5.60. The molecule has 1 heterocycles. The Balaban J connectivity index is 2.36. The van der Waals surface area contributed by atoms with Crippen molar-refractivity contribution >= 4 is 23.2 Å². The summed E-state index contributed by atoms with van der Waals surface area (Å²) in [6.07, 6.45) is 0. The maximum Gasteiger partial charge on any atom is 0.352 e. The van der Waals surface area contributed by atoms with Gasteiger partial charge in [-0.1, -0.05) is 12.1 Å². The molecule has 96 valence electrons. The highest BCUT2D eigenvalue weighted by molar-refractivity contribution is 7.09. The first-order chi connectivity index (χ1) is 9.17. The van der Waals surface area contributed by atoms with Gasteiger partial charge in [-0.05, 0) is 30.6 Å². The summed E-state index contributed by atoms with van der Waals surface area (Å²) in [5.41, 5.74) is 8.10. The summed E-state index contributed by atoms with van der Waals surface area (Å²) in [6.45, 7) is 2.03. The van der Waals surface area contributed by atoms with E-state index in [2.05, 4.69) is 4.37 Å². The van der Waals surface area contributed by atoms with Crippen LogP contribution < -0.4 is 5.73 Å². The summed E-state index contributed by atoms with van der Waals surface area (Å²) in [6, 6.07) is 8.89. The molecule has 5 nitrogen and oxygen atoms in total. The zero-order chi connectivity index (χ0) is 13.8. The molecule has 0 saturated carbocycles. The average Bonchev–Trinajstić information content (AvgIpc) is 2.81. The number of aromatic nitrogens is 1. The van der Waals surface area contributed by atoms with Crippen molar-refractivity contribution in [2.24, 2.45) is 0 Å². The molecule has 1 aromatic heterocycles. The number of hydrogen-bond donors (Lipinski definition) is 1. The van der Waals surface area contributed by atoms with Gasteiger partial charge in [-0.25, -0.2) is 4.79 Å². The van der Waals surface area contributed by atoms with Crippen LogP contribution in [0.2, 0.25) is 0 Å². The van der Waals surface area contributed by atoms with E-state index in [1.165, 1.54) is 0 Å². The Morgan fingerprint density at radius 1 is 1.47 bits per heavy atom. The van der Waals surface area contributed by atoms with Crippen LogP contribution in [0, 0.1) is 11.3 Å². The molecule has 0 aliphatic rings. The molecule has 0 unspecified atom stereocenters. The molecule has 0 saturated heterocycles. The molecule has 0 spiro atoms. The molecule has 2 rings (SSSR count). The van der Waals surface area contributed by atoms with Gasteiger partial charge in [0.1, 0.15) is 5.69 Å². The van der Waals surface area contributed by atoms with E-state index in [1.54, 1.807) is 31.2 Å². The van der Waals surface area contributed by atoms with Crippen molar-refractivity contribution in [1.29, 1.82) is 5.26 Å². The number of carbonyl (C=O) groups excluding carboxylic acids is 1. The third-order valence-electron chi connectivity index (χ3n) is 2.48. The molecular formula is C13H11N3O2S. The lowest BCUT2D eigenvalue weighted by molar-refractivity contribution is 0.0533. The highest BCUT2D eigenvalue weighted by Crippen LogP contribution is 2.31. The predicted molar refractivity (Wildman–Crippen MR) is 72.6 cm³/mol. The number of nitrogens with two attached hydrogens (primary N) is 1. The number of esters is 1. The third-order valence-corrected chi connectivity index (χ3v) is 3.32. The van der Waals surface area contributed by atoms with Gasteiger partial charge >= 0.3 is 5.97 Å². The van der Waals surface area contributed by atoms with Crippen LogP contribution in [0.25, 0.3) is 11.3 Å². The Kier molecular flexibility index (Phi) is 3.78. The van der Waals surface area contributed by atoms with Gasteiger partial charge in [0.25, 0.3) is 0 Å². The minimum atomic E-state index is -0.461. The molecule has 1 aromatic carbocycles. The summed E-state index contributed by atoms with van der Waals surface area (Å²) in [5.74, 6) is -0.461. The van der Waals surface area contributed by atoms with Crippen LogP contribution in [-0.4, -0.2) is 16.9 Å². The molecule has 0 aliphatic carbocycles. The zero-order valence-corrected chi connectivity index (χ0v) is 11.0. The van der Waals surface area contributed by atoms with Crippen LogP contribution in [0.4, 0.5) is 5.69 Å². The van der Waals surface area contributed by atoms with Crippen LogP contribution >= 0.6 is 11.5 Å². The van der Waals surface area contributed by atoms with Crippen LogP contribution in [0.5, 0.6) is 0 Å². The fourth-order valence-corrected chi connectivity index (χ4v) is 2.27. The number of nitrogen functional groups attached to an aromatic ring is 1. The Bertz CT molecular complexity index is 641. The standard InChI is InChI=1S/C13H11N3O2S/c1-2-18-13(17)12-10(15)11(16-19-12)9-5-3-8(7-14)4-6-9/h3-6H,2,15H2,1H3. The number of nitriles is 1. The Morgan fingerprint density at radius 2 is 2.16 bits per heavy atom. The Labute approximate surface area is 114 Å². The topological polar surface area (TPSA) is 89.0 Å². The molecule has 0 amide bonds. The Hall–Kier alpha value is -2.39. The lowest BCUT2D eigenvalue weighted by atomic mass is 10.1. The van der Waals surface area contributed by atoms with Crippen LogP contribution in [-0.2, 0) is 4.74 Å². The van der Waals surface area contributed by atoms with Crippen LogP contribution in [0.3, 0.4) is 0 Å². The van der Waals surface area contributed by atoms with Gasteiger partial charge < -0.3 is 10.5 Å². The fraction of sp³-hybridized carbons (Fsp3) is 0.154. The smallest absolute Gasteiger partial charge is 0.352 e. The normalized spacial score (nSPS) is 9.89.